The van der Waals surface area contributed by atoms with Gasteiger partial charge in [0.1, 0.15) is 12.1 Å². The quantitative estimate of drug-likeness (QED) is 0.607. The van der Waals surface area contributed by atoms with E-state index < -0.39 is 0 Å². The van der Waals surface area contributed by atoms with E-state index in [0.29, 0.717) is 17.8 Å². The number of halogens is 1. The standard InChI is InChI=1S/C22H22N8O2.ClH/c23-11-16-1-3-17(4-2-16)26-19(31)13-30-14-22(27-21(30)32)5-8-28(9-6-22)20-18-12-24-15-29(18)10-7-25-20;/h1-4,7,10,12,15H,5-6,8-9,13-14H2,(H,26,31)(H,27,32);1H. The van der Waals surface area contributed by atoms with Crippen molar-refractivity contribution < 1.29 is 9.59 Å². The zero-order chi connectivity index (χ0) is 22.1. The van der Waals surface area contributed by atoms with E-state index in [2.05, 4.69) is 25.5 Å². The number of amides is 3. The Bertz CT molecular complexity index is 1210. The van der Waals surface area contributed by atoms with E-state index in [4.69, 9.17) is 5.26 Å². The molecule has 2 fully saturated rings. The number of benzene rings is 1. The smallest absolute Gasteiger partial charge is 0.318 e. The van der Waals surface area contributed by atoms with E-state index in [1.165, 1.54) is 0 Å². The molecule has 0 radical (unpaired) electrons. The molecule has 1 aromatic carbocycles. The second kappa shape index (κ2) is 8.96. The lowest BCUT2D eigenvalue weighted by molar-refractivity contribution is -0.116. The Labute approximate surface area is 196 Å². The minimum absolute atomic E-state index is 0. The number of nitriles is 1. The number of aromatic nitrogens is 3. The summed E-state index contributed by atoms with van der Waals surface area (Å²) in [6.07, 6.45) is 8.73. The van der Waals surface area contributed by atoms with Crippen LogP contribution in [0.4, 0.5) is 16.3 Å². The highest BCUT2D eigenvalue weighted by Gasteiger charge is 2.45. The van der Waals surface area contributed by atoms with Crippen LogP contribution < -0.4 is 15.5 Å². The van der Waals surface area contributed by atoms with Crippen molar-refractivity contribution in [3.8, 4) is 6.07 Å². The largest absolute Gasteiger partial charge is 0.355 e. The first-order chi connectivity index (χ1) is 15.5. The number of rotatable bonds is 4. The van der Waals surface area contributed by atoms with Crippen LogP contribution in [-0.4, -0.2) is 62.9 Å². The zero-order valence-corrected chi connectivity index (χ0v) is 18.6. The van der Waals surface area contributed by atoms with Gasteiger partial charge in [0.2, 0.25) is 5.91 Å². The molecule has 0 bridgehead atoms. The van der Waals surface area contributed by atoms with Gasteiger partial charge in [-0.15, -0.1) is 12.4 Å². The maximum atomic E-state index is 12.6. The number of urea groups is 1. The van der Waals surface area contributed by atoms with Crippen LogP contribution >= 0.6 is 12.4 Å². The second-order valence-electron chi connectivity index (χ2n) is 8.23. The second-order valence-corrected chi connectivity index (χ2v) is 8.23. The van der Waals surface area contributed by atoms with Gasteiger partial charge < -0.3 is 24.8 Å². The number of hydrogen-bond acceptors (Lipinski definition) is 6. The van der Waals surface area contributed by atoms with Crippen LogP contribution in [-0.2, 0) is 4.79 Å². The molecule has 11 heteroatoms. The minimum Gasteiger partial charge on any atom is -0.355 e. The molecule has 3 amide bonds. The summed E-state index contributed by atoms with van der Waals surface area (Å²) in [5.41, 5.74) is 1.74. The number of anilines is 2. The van der Waals surface area contributed by atoms with Crippen molar-refractivity contribution in [3.63, 3.8) is 0 Å². The van der Waals surface area contributed by atoms with Gasteiger partial charge in [0.15, 0.2) is 5.82 Å². The number of piperidine rings is 1. The molecule has 5 rings (SSSR count). The Morgan fingerprint density at radius 1 is 1.24 bits per heavy atom. The number of nitrogens with one attached hydrogen (secondary N) is 2. The molecule has 2 aliphatic rings. The lowest BCUT2D eigenvalue weighted by Gasteiger charge is -2.39. The molecule has 2 aliphatic heterocycles. The van der Waals surface area contributed by atoms with E-state index in [-0.39, 0.29) is 36.4 Å². The van der Waals surface area contributed by atoms with Gasteiger partial charge in [0.25, 0.3) is 0 Å². The first-order valence-corrected chi connectivity index (χ1v) is 10.4. The summed E-state index contributed by atoms with van der Waals surface area (Å²) in [7, 11) is 0. The Morgan fingerprint density at radius 2 is 2.00 bits per heavy atom. The third-order valence-electron chi connectivity index (χ3n) is 6.12. The first-order valence-electron chi connectivity index (χ1n) is 10.4. The fourth-order valence-corrected chi connectivity index (χ4v) is 4.42. The lowest BCUT2D eigenvalue weighted by atomic mass is 9.88. The topological polar surface area (TPSA) is 119 Å². The van der Waals surface area contributed by atoms with Gasteiger partial charge in [0, 0.05) is 37.7 Å². The molecule has 2 saturated heterocycles. The maximum absolute atomic E-state index is 12.6. The van der Waals surface area contributed by atoms with Gasteiger partial charge >= 0.3 is 6.03 Å². The van der Waals surface area contributed by atoms with Crippen LogP contribution in [0.1, 0.15) is 18.4 Å². The maximum Gasteiger partial charge on any atom is 0.318 e. The third kappa shape index (κ3) is 4.40. The van der Waals surface area contributed by atoms with E-state index in [9.17, 15) is 9.59 Å². The third-order valence-corrected chi connectivity index (χ3v) is 6.12. The van der Waals surface area contributed by atoms with Gasteiger partial charge in [-0.25, -0.2) is 14.8 Å². The fourth-order valence-electron chi connectivity index (χ4n) is 4.42. The summed E-state index contributed by atoms with van der Waals surface area (Å²) in [6, 6.07) is 8.45. The lowest BCUT2D eigenvalue weighted by Crippen LogP contribution is -2.52. The molecule has 2 N–H and O–H groups in total. The molecule has 33 heavy (non-hydrogen) atoms. The van der Waals surface area contributed by atoms with Crippen LogP contribution in [0, 0.1) is 11.3 Å². The molecule has 4 heterocycles. The number of nitrogens with zero attached hydrogens (tertiary/aromatic N) is 6. The van der Waals surface area contributed by atoms with Crippen LogP contribution in [0.15, 0.2) is 49.2 Å². The summed E-state index contributed by atoms with van der Waals surface area (Å²) in [4.78, 5) is 37.5. The normalized spacial score (nSPS) is 16.9. The van der Waals surface area contributed by atoms with Crippen molar-refractivity contribution in [1.29, 1.82) is 5.26 Å². The highest BCUT2D eigenvalue weighted by atomic mass is 35.5. The molecular weight excluding hydrogens is 444 g/mol. The van der Waals surface area contributed by atoms with Crippen LogP contribution in [0.25, 0.3) is 5.52 Å². The predicted molar refractivity (Wildman–Crippen MR) is 124 cm³/mol. The molecule has 3 aromatic rings. The highest BCUT2D eigenvalue weighted by molar-refractivity contribution is 5.95. The Hall–Kier alpha value is -3.84. The Kier molecular flexibility index (Phi) is 6.07. The summed E-state index contributed by atoms with van der Waals surface area (Å²) in [6.45, 7) is 1.98. The number of carbonyl (C=O) groups is 2. The van der Waals surface area contributed by atoms with Gasteiger partial charge in [-0.05, 0) is 37.1 Å². The predicted octanol–water partition coefficient (Wildman–Crippen LogP) is 2.03. The Morgan fingerprint density at radius 3 is 2.73 bits per heavy atom. The molecule has 0 atom stereocenters. The van der Waals surface area contributed by atoms with Gasteiger partial charge in [-0.1, -0.05) is 0 Å². The number of imidazole rings is 1. The summed E-state index contributed by atoms with van der Waals surface area (Å²) in [5.74, 6) is 0.624. The first kappa shape index (κ1) is 22.4. The summed E-state index contributed by atoms with van der Waals surface area (Å²) in [5, 5.41) is 14.8. The number of carbonyl (C=O) groups excluding carboxylic acids is 2. The zero-order valence-electron chi connectivity index (χ0n) is 17.8. The van der Waals surface area contributed by atoms with E-state index in [0.717, 1.165) is 37.3 Å². The molecule has 0 saturated carbocycles. The number of fused-ring (bicyclic) bond motifs is 1. The van der Waals surface area contributed by atoms with Crippen molar-refractivity contribution in [3.05, 3.63) is 54.7 Å². The van der Waals surface area contributed by atoms with E-state index in [1.807, 2.05) is 16.7 Å². The van der Waals surface area contributed by atoms with Crippen LogP contribution in [0.2, 0.25) is 0 Å². The number of hydrogen-bond donors (Lipinski definition) is 2. The highest BCUT2D eigenvalue weighted by Crippen LogP contribution is 2.31. The van der Waals surface area contributed by atoms with Gasteiger partial charge in [-0.2, -0.15) is 5.26 Å². The monoisotopic (exact) mass is 466 g/mol. The van der Waals surface area contributed by atoms with Crippen LogP contribution in [0.5, 0.6) is 0 Å². The molecule has 170 valence electrons. The molecule has 0 aliphatic carbocycles. The van der Waals surface area contributed by atoms with Crippen molar-refractivity contribution in [2.24, 2.45) is 0 Å². The molecule has 1 spiro atoms. The Balaban J connectivity index is 0.00000259. The van der Waals surface area contributed by atoms with Crippen molar-refractivity contribution in [2.45, 2.75) is 18.4 Å². The van der Waals surface area contributed by atoms with Crippen molar-refractivity contribution >= 4 is 41.4 Å². The van der Waals surface area contributed by atoms with Crippen molar-refractivity contribution in [2.75, 3.05) is 36.4 Å². The average molecular weight is 467 g/mol. The molecule has 0 unspecified atom stereocenters. The molecule has 2 aromatic heterocycles. The van der Waals surface area contributed by atoms with Crippen LogP contribution in [0.3, 0.4) is 0 Å². The van der Waals surface area contributed by atoms with E-state index >= 15 is 0 Å². The fraction of sp³-hybridized carbons (Fsp3) is 0.318. The van der Waals surface area contributed by atoms with E-state index in [1.54, 1.807) is 47.9 Å². The minimum atomic E-state index is -0.340. The van der Waals surface area contributed by atoms with Gasteiger partial charge in [0.05, 0.1) is 29.7 Å². The SMILES string of the molecule is Cl.N#Cc1ccc(NC(=O)CN2CC3(CCN(c4nccn5cncc45)CC3)NC2=O)cc1. The summed E-state index contributed by atoms with van der Waals surface area (Å²) >= 11 is 0. The summed E-state index contributed by atoms with van der Waals surface area (Å²) < 4.78 is 1.94. The molecule has 10 nitrogen and oxygen atoms in total. The van der Waals surface area contributed by atoms with Gasteiger partial charge in [-0.3, -0.25) is 4.79 Å². The average Bonchev–Trinajstić information content (AvgIpc) is 3.39. The molecular formula is C22H23ClN8O2. The van der Waals surface area contributed by atoms with Crippen molar-refractivity contribution in [1.82, 2.24) is 24.6 Å².